The lowest BCUT2D eigenvalue weighted by atomic mass is 9.82. The van der Waals surface area contributed by atoms with Gasteiger partial charge in [-0.25, -0.2) is 0 Å². The Morgan fingerprint density at radius 2 is 2.21 bits per heavy atom. The van der Waals surface area contributed by atoms with Crippen molar-refractivity contribution in [3.8, 4) is 0 Å². The average molecular weight is 229 g/mol. The molecule has 14 heavy (non-hydrogen) atoms. The number of hydrogen-bond donors (Lipinski definition) is 0. The zero-order valence-corrected chi connectivity index (χ0v) is 9.53. The predicted octanol–water partition coefficient (Wildman–Crippen LogP) is 3.70. The van der Waals surface area contributed by atoms with E-state index in [2.05, 4.69) is 5.38 Å². The number of carbonyl (C=O) groups excluding carboxylic acids is 1. The fraction of sp³-hybridized carbons (Fsp3) is 0.545. The van der Waals surface area contributed by atoms with Gasteiger partial charge >= 0.3 is 0 Å². The first-order valence-electron chi connectivity index (χ1n) is 4.93. The molecule has 0 atom stereocenters. The molecule has 0 amide bonds. The molecule has 1 fully saturated rings. The standard InChI is InChI=1S/C11H13ClOS/c12-10-5-9(7-14-10)6-11(8-13)3-1-2-4-11/h5,7-8H,1-4,6H2. The van der Waals surface area contributed by atoms with E-state index in [0.717, 1.165) is 29.9 Å². The third-order valence-corrected chi connectivity index (χ3v) is 4.17. The summed E-state index contributed by atoms with van der Waals surface area (Å²) in [7, 11) is 0. The molecule has 1 aromatic heterocycles. The van der Waals surface area contributed by atoms with Crippen LogP contribution in [0, 0.1) is 5.41 Å². The smallest absolute Gasteiger partial charge is 0.126 e. The Balaban J connectivity index is 2.11. The van der Waals surface area contributed by atoms with Crippen molar-refractivity contribution < 1.29 is 4.79 Å². The quantitative estimate of drug-likeness (QED) is 0.721. The summed E-state index contributed by atoms with van der Waals surface area (Å²) in [5.74, 6) is 0. The largest absolute Gasteiger partial charge is 0.303 e. The molecule has 0 radical (unpaired) electrons. The highest BCUT2D eigenvalue weighted by Gasteiger charge is 2.33. The van der Waals surface area contributed by atoms with Gasteiger partial charge in [0.1, 0.15) is 6.29 Å². The lowest BCUT2D eigenvalue weighted by Crippen LogP contribution is -2.20. The van der Waals surface area contributed by atoms with Crippen LogP contribution in [0.15, 0.2) is 11.4 Å². The molecule has 0 aliphatic heterocycles. The highest BCUT2D eigenvalue weighted by Crippen LogP contribution is 2.40. The molecule has 1 aliphatic rings. The second kappa shape index (κ2) is 4.03. The molecular weight excluding hydrogens is 216 g/mol. The van der Waals surface area contributed by atoms with Gasteiger partial charge in [0.15, 0.2) is 0 Å². The van der Waals surface area contributed by atoms with Crippen LogP contribution in [0.25, 0.3) is 0 Å². The molecule has 1 aromatic rings. The Labute approximate surface area is 93.1 Å². The Morgan fingerprint density at radius 1 is 1.50 bits per heavy atom. The van der Waals surface area contributed by atoms with Crippen LogP contribution in [-0.2, 0) is 11.2 Å². The third kappa shape index (κ3) is 2.01. The molecule has 0 spiro atoms. The van der Waals surface area contributed by atoms with E-state index in [1.807, 2.05) is 6.07 Å². The lowest BCUT2D eigenvalue weighted by Gasteiger charge is -2.20. The number of rotatable bonds is 3. The van der Waals surface area contributed by atoms with Gasteiger partial charge < -0.3 is 4.79 Å². The van der Waals surface area contributed by atoms with Gasteiger partial charge in [0.25, 0.3) is 0 Å². The van der Waals surface area contributed by atoms with Gasteiger partial charge in [0.2, 0.25) is 0 Å². The summed E-state index contributed by atoms with van der Waals surface area (Å²) in [5, 5.41) is 2.06. The van der Waals surface area contributed by atoms with Crippen molar-refractivity contribution in [2.75, 3.05) is 0 Å². The molecular formula is C11H13ClOS. The van der Waals surface area contributed by atoms with Gasteiger partial charge in [-0.05, 0) is 36.3 Å². The van der Waals surface area contributed by atoms with E-state index >= 15 is 0 Å². The van der Waals surface area contributed by atoms with Crippen LogP contribution in [-0.4, -0.2) is 6.29 Å². The third-order valence-electron chi connectivity index (χ3n) is 3.03. The van der Waals surface area contributed by atoms with Gasteiger partial charge in [0.05, 0.1) is 4.34 Å². The summed E-state index contributed by atoms with van der Waals surface area (Å²) in [5.41, 5.74) is 1.14. The van der Waals surface area contributed by atoms with Crippen molar-refractivity contribution in [2.24, 2.45) is 5.41 Å². The van der Waals surface area contributed by atoms with Gasteiger partial charge in [0, 0.05) is 5.41 Å². The SMILES string of the molecule is O=CC1(Cc2csc(Cl)c2)CCCC1. The van der Waals surface area contributed by atoms with Crippen LogP contribution in [0.5, 0.6) is 0 Å². The maximum atomic E-state index is 11.1. The van der Waals surface area contributed by atoms with Gasteiger partial charge in [-0.15, -0.1) is 11.3 Å². The molecule has 0 N–H and O–H groups in total. The number of aldehydes is 1. The minimum absolute atomic E-state index is 0.0790. The van der Waals surface area contributed by atoms with E-state index in [1.54, 1.807) is 11.3 Å². The Morgan fingerprint density at radius 3 is 2.71 bits per heavy atom. The molecule has 0 unspecified atom stereocenters. The average Bonchev–Trinajstić information content (AvgIpc) is 2.77. The van der Waals surface area contributed by atoms with E-state index in [0.29, 0.717) is 0 Å². The van der Waals surface area contributed by atoms with Crippen molar-refractivity contribution >= 4 is 29.2 Å². The van der Waals surface area contributed by atoms with E-state index in [4.69, 9.17) is 11.6 Å². The topological polar surface area (TPSA) is 17.1 Å². The first-order chi connectivity index (χ1) is 6.74. The minimum atomic E-state index is -0.0790. The van der Waals surface area contributed by atoms with E-state index in [-0.39, 0.29) is 5.41 Å². The summed E-state index contributed by atoms with van der Waals surface area (Å²) in [4.78, 5) is 11.1. The second-order valence-electron chi connectivity index (χ2n) is 4.12. The zero-order valence-electron chi connectivity index (χ0n) is 7.96. The summed E-state index contributed by atoms with van der Waals surface area (Å²) < 4.78 is 0.819. The lowest BCUT2D eigenvalue weighted by molar-refractivity contribution is -0.115. The van der Waals surface area contributed by atoms with E-state index < -0.39 is 0 Å². The zero-order chi connectivity index (χ0) is 10.0. The molecule has 3 heteroatoms. The minimum Gasteiger partial charge on any atom is -0.303 e. The number of carbonyl (C=O) groups is 1. The molecule has 2 rings (SSSR count). The van der Waals surface area contributed by atoms with Gasteiger partial charge in [-0.3, -0.25) is 0 Å². The van der Waals surface area contributed by atoms with Crippen LogP contribution in [0.4, 0.5) is 0 Å². The van der Waals surface area contributed by atoms with Crippen LogP contribution in [0.3, 0.4) is 0 Å². The predicted molar refractivity (Wildman–Crippen MR) is 60.0 cm³/mol. The molecule has 1 saturated carbocycles. The molecule has 1 aliphatic carbocycles. The maximum Gasteiger partial charge on any atom is 0.126 e. The van der Waals surface area contributed by atoms with Crippen molar-refractivity contribution in [2.45, 2.75) is 32.1 Å². The summed E-state index contributed by atoms with van der Waals surface area (Å²) in [6, 6.07) is 1.98. The van der Waals surface area contributed by atoms with Crippen molar-refractivity contribution in [1.82, 2.24) is 0 Å². The Hall–Kier alpha value is -0.340. The number of hydrogen-bond acceptors (Lipinski definition) is 2. The van der Waals surface area contributed by atoms with Crippen LogP contribution < -0.4 is 0 Å². The van der Waals surface area contributed by atoms with Crippen molar-refractivity contribution in [1.29, 1.82) is 0 Å². The summed E-state index contributed by atoms with van der Waals surface area (Å²) in [6.07, 6.45) is 6.51. The number of thiophene rings is 1. The summed E-state index contributed by atoms with van der Waals surface area (Å²) >= 11 is 7.41. The first kappa shape index (κ1) is 10.2. The van der Waals surface area contributed by atoms with E-state index in [1.165, 1.54) is 18.4 Å². The Kier molecular flexibility index (Phi) is 2.93. The second-order valence-corrected chi connectivity index (χ2v) is 5.67. The highest BCUT2D eigenvalue weighted by molar-refractivity contribution is 7.14. The normalized spacial score (nSPS) is 19.8. The van der Waals surface area contributed by atoms with Crippen LogP contribution >= 0.6 is 22.9 Å². The molecule has 0 aromatic carbocycles. The Bertz CT molecular complexity index is 326. The fourth-order valence-electron chi connectivity index (χ4n) is 2.26. The maximum absolute atomic E-state index is 11.1. The van der Waals surface area contributed by atoms with Gasteiger partial charge in [-0.1, -0.05) is 24.4 Å². The fourth-order valence-corrected chi connectivity index (χ4v) is 3.17. The molecule has 1 nitrogen and oxygen atoms in total. The van der Waals surface area contributed by atoms with Crippen molar-refractivity contribution in [3.63, 3.8) is 0 Å². The number of halogens is 1. The molecule has 0 saturated heterocycles. The molecule has 76 valence electrons. The monoisotopic (exact) mass is 228 g/mol. The van der Waals surface area contributed by atoms with Crippen LogP contribution in [0.2, 0.25) is 4.34 Å². The van der Waals surface area contributed by atoms with Crippen LogP contribution in [0.1, 0.15) is 31.2 Å². The summed E-state index contributed by atoms with van der Waals surface area (Å²) in [6.45, 7) is 0. The molecule has 1 heterocycles. The van der Waals surface area contributed by atoms with E-state index in [9.17, 15) is 4.79 Å². The first-order valence-corrected chi connectivity index (χ1v) is 6.19. The molecule has 0 bridgehead atoms. The highest BCUT2D eigenvalue weighted by atomic mass is 35.5. The van der Waals surface area contributed by atoms with Crippen molar-refractivity contribution in [3.05, 3.63) is 21.3 Å². The van der Waals surface area contributed by atoms with Gasteiger partial charge in [-0.2, -0.15) is 0 Å².